The average Bonchev–Trinajstić information content (AvgIpc) is 3.26. The summed E-state index contributed by atoms with van der Waals surface area (Å²) in [6.45, 7) is 2.05. The molecule has 34 heavy (non-hydrogen) atoms. The number of benzene rings is 2. The molecular formula is C22H21FN2O8S. The molecule has 0 radical (unpaired) electrons. The Kier molecular flexibility index (Phi) is 7.84. The van der Waals surface area contributed by atoms with Crippen molar-refractivity contribution in [3.8, 4) is 22.8 Å². The quantitative estimate of drug-likeness (QED) is 0.184. The second kappa shape index (κ2) is 10.8. The number of carboxylic acid groups (broad SMARTS) is 1. The molecule has 2 aromatic carbocycles. The van der Waals surface area contributed by atoms with Gasteiger partial charge in [-0.25, -0.2) is 9.18 Å². The van der Waals surface area contributed by atoms with Crippen LogP contribution in [0.3, 0.4) is 0 Å². The van der Waals surface area contributed by atoms with Gasteiger partial charge in [-0.15, -0.1) is 0 Å². The highest BCUT2D eigenvalue weighted by molar-refractivity contribution is 7.86. The number of rotatable bonds is 11. The van der Waals surface area contributed by atoms with Gasteiger partial charge in [0.1, 0.15) is 36.0 Å². The van der Waals surface area contributed by atoms with Crippen LogP contribution in [0.25, 0.3) is 11.3 Å². The van der Waals surface area contributed by atoms with Crippen molar-refractivity contribution in [2.45, 2.75) is 13.3 Å². The Morgan fingerprint density at radius 3 is 2.56 bits per heavy atom. The van der Waals surface area contributed by atoms with E-state index in [0.717, 1.165) is 12.3 Å². The highest BCUT2D eigenvalue weighted by atomic mass is 32.2. The lowest BCUT2D eigenvalue weighted by atomic mass is 10.1. The van der Waals surface area contributed by atoms with Gasteiger partial charge in [0.05, 0.1) is 6.26 Å². The molecule has 0 spiro atoms. The van der Waals surface area contributed by atoms with Crippen molar-refractivity contribution in [2.75, 3.05) is 19.5 Å². The van der Waals surface area contributed by atoms with Crippen LogP contribution in [0.2, 0.25) is 0 Å². The molecule has 0 aliphatic rings. The van der Waals surface area contributed by atoms with E-state index >= 15 is 0 Å². The summed E-state index contributed by atoms with van der Waals surface area (Å²) in [6.07, 6.45) is 1.51. The number of hydrogen-bond acceptors (Lipinski definition) is 9. The van der Waals surface area contributed by atoms with Gasteiger partial charge in [0.2, 0.25) is 0 Å². The van der Waals surface area contributed by atoms with Gasteiger partial charge in [-0.05, 0) is 48.9 Å². The summed E-state index contributed by atoms with van der Waals surface area (Å²) in [7, 11) is -3.92. The van der Waals surface area contributed by atoms with E-state index in [-0.39, 0.29) is 35.4 Å². The topological polar surface area (TPSA) is 138 Å². The summed E-state index contributed by atoms with van der Waals surface area (Å²) in [6, 6.07) is 10.9. The van der Waals surface area contributed by atoms with Gasteiger partial charge in [0.25, 0.3) is 0 Å². The third kappa shape index (κ3) is 6.78. The molecule has 0 saturated heterocycles. The monoisotopic (exact) mass is 492 g/mol. The SMILES string of the molecule is CCCO/N=C(\COc1ccc(OS(C)(=O)=O)c(C(=O)O)c1)c1cc(-c2ccc(F)cc2)no1. The Morgan fingerprint density at radius 2 is 1.91 bits per heavy atom. The fraction of sp³-hybridized carbons (Fsp3) is 0.227. The summed E-state index contributed by atoms with van der Waals surface area (Å²) in [5, 5.41) is 17.4. The number of carboxylic acids is 1. The summed E-state index contributed by atoms with van der Waals surface area (Å²) in [5.74, 6) is -1.79. The molecular weight excluding hydrogens is 471 g/mol. The van der Waals surface area contributed by atoms with Crippen molar-refractivity contribution in [1.82, 2.24) is 5.16 Å². The molecule has 3 aromatic rings. The summed E-state index contributed by atoms with van der Waals surface area (Å²) in [5.41, 5.74) is 0.886. The van der Waals surface area contributed by atoms with Crippen molar-refractivity contribution in [3.05, 3.63) is 65.7 Å². The fourth-order valence-electron chi connectivity index (χ4n) is 2.68. The third-order valence-corrected chi connectivity index (χ3v) is 4.69. The number of nitrogens with zero attached hydrogens (tertiary/aromatic N) is 2. The minimum Gasteiger partial charge on any atom is -0.487 e. The van der Waals surface area contributed by atoms with E-state index < -0.39 is 21.7 Å². The van der Waals surface area contributed by atoms with Crippen LogP contribution in [0.5, 0.6) is 11.5 Å². The lowest BCUT2D eigenvalue weighted by molar-refractivity contribution is 0.0694. The van der Waals surface area contributed by atoms with Crippen LogP contribution in [-0.4, -0.2) is 49.8 Å². The molecule has 0 fully saturated rings. The van der Waals surface area contributed by atoms with Crippen molar-refractivity contribution in [1.29, 1.82) is 0 Å². The Bertz CT molecular complexity index is 1290. The van der Waals surface area contributed by atoms with E-state index in [9.17, 15) is 22.7 Å². The van der Waals surface area contributed by atoms with E-state index in [1.54, 1.807) is 18.2 Å². The van der Waals surface area contributed by atoms with Crippen LogP contribution in [0.1, 0.15) is 29.5 Å². The first-order valence-electron chi connectivity index (χ1n) is 9.97. The highest BCUT2D eigenvalue weighted by Crippen LogP contribution is 2.26. The van der Waals surface area contributed by atoms with Crippen molar-refractivity contribution in [3.63, 3.8) is 0 Å². The molecule has 0 bridgehead atoms. The van der Waals surface area contributed by atoms with E-state index in [1.165, 1.54) is 24.3 Å². The third-order valence-electron chi connectivity index (χ3n) is 4.20. The molecule has 0 atom stereocenters. The smallest absolute Gasteiger partial charge is 0.339 e. The average molecular weight is 492 g/mol. The number of hydrogen-bond donors (Lipinski definition) is 1. The van der Waals surface area contributed by atoms with Gasteiger partial charge in [-0.2, -0.15) is 8.42 Å². The van der Waals surface area contributed by atoms with Gasteiger partial charge >= 0.3 is 16.1 Å². The van der Waals surface area contributed by atoms with Crippen molar-refractivity contribution < 1.29 is 41.0 Å². The molecule has 0 amide bonds. The number of aromatic nitrogens is 1. The molecule has 0 aliphatic heterocycles. The standard InChI is InChI=1S/C22H21FN2O8S/c1-3-10-31-24-19(21-12-18(25-32-21)14-4-6-15(23)7-5-14)13-30-16-8-9-20(33-34(2,28)29)17(11-16)22(26)27/h4-9,11-12H,3,10,13H2,1-2H3,(H,26,27)/b24-19+. The largest absolute Gasteiger partial charge is 0.487 e. The van der Waals surface area contributed by atoms with Gasteiger partial charge < -0.3 is 23.4 Å². The second-order valence-electron chi connectivity index (χ2n) is 6.99. The minimum absolute atomic E-state index is 0.111. The van der Waals surface area contributed by atoms with Gasteiger partial charge in [-0.3, -0.25) is 0 Å². The number of ether oxygens (including phenoxy) is 1. The molecule has 0 saturated carbocycles. The zero-order chi connectivity index (χ0) is 24.7. The molecule has 1 N–H and O–H groups in total. The number of aromatic carboxylic acids is 1. The van der Waals surface area contributed by atoms with Crippen LogP contribution in [0, 0.1) is 5.82 Å². The molecule has 0 unspecified atom stereocenters. The van der Waals surface area contributed by atoms with Gasteiger partial charge in [-0.1, -0.05) is 17.2 Å². The zero-order valence-electron chi connectivity index (χ0n) is 18.2. The van der Waals surface area contributed by atoms with Crippen LogP contribution >= 0.6 is 0 Å². The number of oxime groups is 1. The fourth-order valence-corrected chi connectivity index (χ4v) is 3.15. The second-order valence-corrected chi connectivity index (χ2v) is 8.57. The Balaban J connectivity index is 1.82. The predicted molar refractivity (Wildman–Crippen MR) is 119 cm³/mol. The van der Waals surface area contributed by atoms with E-state index in [0.29, 0.717) is 24.3 Å². The maximum atomic E-state index is 13.2. The molecule has 0 aliphatic carbocycles. The first-order valence-corrected chi connectivity index (χ1v) is 11.8. The van der Waals surface area contributed by atoms with Crippen molar-refractivity contribution >= 4 is 21.8 Å². The molecule has 180 valence electrons. The molecule has 3 rings (SSSR count). The summed E-state index contributed by atoms with van der Waals surface area (Å²) < 4.78 is 51.6. The summed E-state index contributed by atoms with van der Waals surface area (Å²) >= 11 is 0. The van der Waals surface area contributed by atoms with Crippen LogP contribution in [0.15, 0.2) is 58.2 Å². The van der Waals surface area contributed by atoms with Gasteiger partial charge in [0, 0.05) is 11.6 Å². The number of carbonyl (C=O) groups is 1. The Hall–Kier alpha value is -3.93. The molecule has 12 heteroatoms. The van der Waals surface area contributed by atoms with Crippen LogP contribution in [-0.2, 0) is 15.0 Å². The lowest BCUT2D eigenvalue weighted by Gasteiger charge is -2.10. The minimum atomic E-state index is -3.92. The predicted octanol–water partition coefficient (Wildman–Crippen LogP) is 3.73. The number of halogens is 1. The van der Waals surface area contributed by atoms with E-state index in [4.69, 9.17) is 18.3 Å². The van der Waals surface area contributed by atoms with E-state index in [2.05, 4.69) is 10.3 Å². The van der Waals surface area contributed by atoms with Crippen LogP contribution < -0.4 is 8.92 Å². The summed E-state index contributed by atoms with van der Waals surface area (Å²) in [4.78, 5) is 16.8. The van der Waals surface area contributed by atoms with Gasteiger partial charge in [0.15, 0.2) is 17.2 Å². The zero-order valence-corrected chi connectivity index (χ0v) is 19.0. The van der Waals surface area contributed by atoms with Crippen LogP contribution in [0.4, 0.5) is 4.39 Å². The Morgan fingerprint density at radius 1 is 1.18 bits per heavy atom. The molecule has 10 nitrogen and oxygen atoms in total. The van der Waals surface area contributed by atoms with E-state index in [1.807, 2.05) is 6.92 Å². The van der Waals surface area contributed by atoms with Crippen molar-refractivity contribution in [2.24, 2.45) is 5.16 Å². The maximum absolute atomic E-state index is 13.2. The molecule has 1 aromatic heterocycles. The normalized spacial score (nSPS) is 11.8. The maximum Gasteiger partial charge on any atom is 0.339 e. The molecule has 1 heterocycles. The first-order chi connectivity index (χ1) is 16.2. The first kappa shape index (κ1) is 24.7. The lowest BCUT2D eigenvalue weighted by Crippen LogP contribution is -2.14. The Labute approximate surface area is 194 Å². The highest BCUT2D eigenvalue weighted by Gasteiger charge is 2.19.